The molecule has 3 rings (SSSR count). The number of nitrogens with one attached hydrogen (secondary N) is 1. The number of carbonyl (C=O) groups is 1. The molecule has 7 heteroatoms. The molecule has 0 aromatic carbocycles. The first kappa shape index (κ1) is 13.1. The van der Waals surface area contributed by atoms with Gasteiger partial charge in [0.1, 0.15) is 5.54 Å². The first-order valence-corrected chi connectivity index (χ1v) is 6.29. The Kier molecular flexibility index (Phi) is 4.06. The average molecular weight is 253 g/mol. The monoisotopic (exact) mass is 253 g/mol. The normalized spacial score (nSPS) is 33.8. The summed E-state index contributed by atoms with van der Waals surface area (Å²) < 4.78 is 4.97. The van der Waals surface area contributed by atoms with Crippen LogP contribution in [-0.2, 0) is 9.53 Å². The Bertz CT molecular complexity index is 360. The molecule has 100 valence electrons. The van der Waals surface area contributed by atoms with Gasteiger partial charge in [-0.1, -0.05) is 5.11 Å². The van der Waals surface area contributed by atoms with Crippen LogP contribution in [0.4, 0.5) is 0 Å². The molecule has 0 aliphatic carbocycles. The van der Waals surface area contributed by atoms with Crippen molar-refractivity contribution in [1.82, 2.24) is 10.2 Å². The number of carbonyl (C=O) groups excluding carboxylic acids is 1. The quantitative estimate of drug-likeness (QED) is 0.254. The van der Waals surface area contributed by atoms with Gasteiger partial charge in [-0.25, -0.2) is 4.79 Å². The number of hydrogen-bond donors (Lipinski definition) is 1. The number of azide groups is 1. The highest BCUT2D eigenvalue weighted by molar-refractivity contribution is 5.82. The third-order valence-electron chi connectivity index (χ3n) is 4.02. The zero-order chi connectivity index (χ0) is 13.0. The van der Waals surface area contributed by atoms with E-state index in [2.05, 4.69) is 20.2 Å². The number of ether oxygens (including phenoxy) is 1. The highest BCUT2D eigenvalue weighted by Gasteiger charge is 2.52. The van der Waals surface area contributed by atoms with Crippen molar-refractivity contribution in [1.29, 1.82) is 0 Å². The smallest absolute Gasteiger partial charge is 0.327 e. The maximum absolute atomic E-state index is 12.1. The van der Waals surface area contributed by atoms with Crippen LogP contribution < -0.4 is 5.32 Å². The predicted octanol–water partition coefficient (Wildman–Crippen LogP) is 0.524. The van der Waals surface area contributed by atoms with E-state index in [1.807, 2.05) is 0 Å². The Balaban J connectivity index is 2.08. The molecule has 0 aromatic rings. The minimum Gasteiger partial charge on any atom is -0.468 e. The van der Waals surface area contributed by atoms with Crippen molar-refractivity contribution in [3.8, 4) is 0 Å². The van der Waals surface area contributed by atoms with Crippen LogP contribution in [0.15, 0.2) is 5.11 Å². The summed E-state index contributed by atoms with van der Waals surface area (Å²) in [5, 5.41) is 6.76. The number of hydrogen-bond acceptors (Lipinski definition) is 5. The Hall–Kier alpha value is -1.30. The molecule has 3 saturated heterocycles. The minimum absolute atomic E-state index is 0.196. The van der Waals surface area contributed by atoms with Gasteiger partial charge in [0.05, 0.1) is 7.11 Å². The molecular formula is C11H19N5O2. The number of fused-ring (bicyclic) bond motifs is 3. The Labute approximate surface area is 106 Å². The molecule has 2 bridgehead atoms. The van der Waals surface area contributed by atoms with Gasteiger partial charge in [-0.15, -0.1) is 0 Å². The first-order chi connectivity index (χ1) is 8.73. The summed E-state index contributed by atoms with van der Waals surface area (Å²) in [7, 11) is 1.43. The van der Waals surface area contributed by atoms with Gasteiger partial charge < -0.3 is 15.0 Å². The molecule has 3 aliphatic rings. The fourth-order valence-corrected chi connectivity index (χ4v) is 3.13. The van der Waals surface area contributed by atoms with Crippen molar-refractivity contribution in [2.24, 2.45) is 11.0 Å². The second kappa shape index (κ2) is 5.56. The van der Waals surface area contributed by atoms with Crippen molar-refractivity contribution in [2.75, 3.05) is 39.8 Å². The number of esters is 1. The van der Waals surface area contributed by atoms with Crippen molar-refractivity contribution in [3.05, 3.63) is 10.4 Å². The van der Waals surface area contributed by atoms with Crippen molar-refractivity contribution in [2.45, 2.75) is 18.4 Å². The Morgan fingerprint density at radius 2 is 2.33 bits per heavy atom. The van der Waals surface area contributed by atoms with E-state index < -0.39 is 5.54 Å². The summed E-state index contributed by atoms with van der Waals surface area (Å²) >= 11 is 0. The molecule has 1 atom stereocenters. The van der Waals surface area contributed by atoms with E-state index in [1.165, 1.54) is 7.11 Å². The number of rotatable bonds is 5. The van der Waals surface area contributed by atoms with E-state index in [1.54, 1.807) is 0 Å². The second-order valence-electron chi connectivity index (χ2n) is 4.89. The largest absolute Gasteiger partial charge is 0.468 e. The van der Waals surface area contributed by atoms with Crippen LogP contribution in [0.3, 0.4) is 0 Å². The molecule has 0 spiro atoms. The van der Waals surface area contributed by atoms with Gasteiger partial charge in [0.25, 0.3) is 0 Å². The van der Waals surface area contributed by atoms with Crippen LogP contribution in [0.25, 0.3) is 10.4 Å². The van der Waals surface area contributed by atoms with Crippen molar-refractivity contribution in [3.63, 3.8) is 0 Å². The predicted molar refractivity (Wildman–Crippen MR) is 65.9 cm³/mol. The molecule has 0 radical (unpaired) electrons. The van der Waals surface area contributed by atoms with Gasteiger partial charge >= 0.3 is 5.97 Å². The van der Waals surface area contributed by atoms with Crippen LogP contribution in [-0.4, -0.2) is 56.2 Å². The Morgan fingerprint density at radius 1 is 1.61 bits per heavy atom. The van der Waals surface area contributed by atoms with Crippen LogP contribution in [0, 0.1) is 5.92 Å². The summed E-state index contributed by atoms with van der Waals surface area (Å²) in [5.41, 5.74) is 7.64. The number of methoxy groups -OCH3 is 1. The molecule has 18 heavy (non-hydrogen) atoms. The first-order valence-electron chi connectivity index (χ1n) is 6.29. The zero-order valence-electron chi connectivity index (χ0n) is 10.6. The molecule has 3 aliphatic heterocycles. The van der Waals surface area contributed by atoms with E-state index in [0.29, 0.717) is 25.6 Å². The van der Waals surface area contributed by atoms with Gasteiger partial charge in [-0.05, 0) is 37.4 Å². The highest BCUT2D eigenvalue weighted by atomic mass is 16.5. The van der Waals surface area contributed by atoms with Crippen molar-refractivity contribution < 1.29 is 9.53 Å². The molecule has 3 fully saturated rings. The van der Waals surface area contributed by atoms with E-state index in [9.17, 15) is 4.79 Å². The fraction of sp³-hybridized carbons (Fsp3) is 0.909. The molecule has 1 unspecified atom stereocenters. The van der Waals surface area contributed by atoms with Gasteiger partial charge in [-0.2, -0.15) is 0 Å². The molecule has 0 amide bonds. The molecule has 0 saturated carbocycles. The van der Waals surface area contributed by atoms with Crippen LogP contribution in [0.1, 0.15) is 12.8 Å². The molecule has 1 N–H and O–H groups in total. The van der Waals surface area contributed by atoms with E-state index >= 15 is 0 Å². The summed E-state index contributed by atoms with van der Waals surface area (Å²) in [6.07, 6.45) is 2.03. The topological polar surface area (TPSA) is 90.3 Å². The van der Waals surface area contributed by atoms with Gasteiger partial charge in [0, 0.05) is 24.5 Å². The number of piperidine rings is 3. The third-order valence-corrected chi connectivity index (χ3v) is 4.02. The lowest BCUT2D eigenvalue weighted by Crippen LogP contribution is -2.70. The van der Waals surface area contributed by atoms with E-state index in [4.69, 9.17) is 10.3 Å². The molecule has 0 aromatic heterocycles. The minimum atomic E-state index is -0.615. The maximum atomic E-state index is 12.1. The van der Waals surface area contributed by atoms with Crippen LogP contribution >= 0.6 is 0 Å². The lowest BCUT2D eigenvalue weighted by molar-refractivity contribution is -0.158. The van der Waals surface area contributed by atoms with E-state index in [-0.39, 0.29) is 5.97 Å². The van der Waals surface area contributed by atoms with Gasteiger partial charge in [-0.3, -0.25) is 0 Å². The fourth-order valence-electron chi connectivity index (χ4n) is 3.13. The molecule has 7 nitrogen and oxygen atoms in total. The summed E-state index contributed by atoms with van der Waals surface area (Å²) in [6.45, 7) is 3.66. The summed E-state index contributed by atoms with van der Waals surface area (Å²) in [5.74, 6) is 0.124. The van der Waals surface area contributed by atoms with E-state index in [0.717, 1.165) is 25.9 Å². The molecule has 3 heterocycles. The van der Waals surface area contributed by atoms with Gasteiger partial charge in [0.15, 0.2) is 0 Å². The van der Waals surface area contributed by atoms with Crippen LogP contribution in [0.5, 0.6) is 0 Å². The van der Waals surface area contributed by atoms with Crippen LogP contribution in [0.2, 0.25) is 0 Å². The lowest BCUT2D eigenvalue weighted by Gasteiger charge is -2.51. The highest BCUT2D eigenvalue weighted by Crippen LogP contribution is 2.36. The summed E-state index contributed by atoms with van der Waals surface area (Å²) in [6, 6.07) is 0. The molecular weight excluding hydrogens is 234 g/mol. The number of nitrogens with zero attached hydrogens (tertiary/aromatic N) is 4. The lowest BCUT2D eigenvalue weighted by atomic mass is 9.72. The van der Waals surface area contributed by atoms with Crippen molar-refractivity contribution >= 4 is 5.97 Å². The zero-order valence-corrected chi connectivity index (χ0v) is 10.6. The SMILES string of the molecule is COC(=O)C1(NCCN=[N+]=[N-])CN2CCC1CC2. The maximum Gasteiger partial charge on any atom is 0.327 e. The third kappa shape index (κ3) is 2.29. The average Bonchev–Trinajstić information content (AvgIpc) is 2.44. The summed E-state index contributed by atoms with van der Waals surface area (Å²) in [4.78, 5) is 17.1. The standard InChI is InChI=1S/C11H19N5O2/c1-18-10(17)11(13-4-5-14-15-12)8-16-6-2-9(11)3-7-16/h9,13H,2-8H2,1H3. The van der Waals surface area contributed by atoms with Gasteiger partial charge in [0.2, 0.25) is 0 Å². The second-order valence-corrected chi connectivity index (χ2v) is 4.89. The Morgan fingerprint density at radius 3 is 2.83 bits per heavy atom.